The van der Waals surface area contributed by atoms with Crippen molar-refractivity contribution in [3.63, 3.8) is 0 Å². The first-order chi connectivity index (χ1) is 10.6. The minimum Gasteiger partial charge on any atom is -0.481 e. The van der Waals surface area contributed by atoms with Gasteiger partial charge in [0.2, 0.25) is 0 Å². The highest BCUT2D eigenvalue weighted by Crippen LogP contribution is 2.17. The summed E-state index contributed by atoms with van der Waals surface area (Å²) in [6.45, 7) is 1.22. The average molecular weight is 327 g/mol. The molecule has 0 bridgehead atoms. The molecule has 0 fully saturated rings. The number of aromatic carboxylic acids is 1. The van der Waals surface area contributed by atoms with Crippen molar-refractivity contribution in [3.05, 3.63) is 29.8 Å². The molecule has 0 aliphatic rings. The number of aliphatic carboxylic acids is 2. The first-order valence-electron chi connectivity index (χ1n) is 6.36. The van der Waals surface area contributed by atoms with E-state index < -0.39 is 29.9 Å². The van der Waals surface area contributed by atoms with E-state index in [0.717, 1.165) is 0 Å². The number of carboxylic acids is 3. The zero-order valence-corrected chi connectivity index (χ0v) is 12.3. The van der Waals surface area contributed by atoms with Crippen molar-refractivity contribution in [3.8, 4) is 5.75 Å². The molecule has 0 heterocycles. The highest BCUT2D eigenvalue weighted by molar-refractivity contribution is 5.91. The van der Waals surface area contributed by atoms with Crippen molar-refractivity contribution in [1.29, 1.82) is 0 Å². The summed E-state index contributed by atoms with van der Waals surface area (Å²) in [6, 6.07) is 4.92. The maximum Gasteiger partial charge on any atom is 0.339 e. The van der Waals surface area contributed by atoms with E-state index in [2.05, 4.69) is 4.74 Å². The van der Waals surface area contributed by atoms with Gasteiger partial charge in [-0.3, -0.25) is 14.4 Å². The van der Waals surface area contributed by atoms with Crippen LogP contribution in [-0.4, -0.2) is 45.2 Å². The van der Waals surface area contributed by atoms with Crippen molar-refractivity contribution in [2.45, 2.75) is 25.8 Å². The van der Waals surface area contributed by atoms with Gasteiger partial charge in [0.25, 0.3) is 0 Å². The standard InChI is InChI=1S/C9H8O4.C5H9NO4/c1-6(10)13-8-5-3-2-4-7(8)9(11)12;6-3(5(9)10)1-2-4(7)8/h2-5H,1H3,(H,11,12);3H,1-2,6H2,(H,7,8)(H,9,10)/t;3-/m.0/s1. The highest BCUT2D eigenvalue weighted by Gasteiger charge is 2.12. The fourth-order valence-corrected chi connectivity index (χ4v) is 1.29. The molecule has 0 saturated heterocycles. The summed E-state index contributed by atoms with van der Waals surface area (Å²) in [5, 5.41) is 25.0. The molecule has 126 valence electrons. The first kappa shape index (κ1) is 20.1. The molecule has 0 amide bonds. The second-order valence-corrected chi connectivity index (χ2v) is 4.27. The van der Waals surface area contributed by atoms with Crippen molar-refractivity contribution in [2.24, 2.45) is 5.73 Å². The van der Waals surface area contributed by atoms with Gasteiger partial charge in [-0.15, -0.1) is 0 Å². The summed E-state index contributed by atoms with van der Waals surface area (Å²) < 4.78 is 4.69. The zero-order chi connectivity index (χ0) is 18.0. The van der Waals surface area contributed by atoms with E-state index in [0.29, 0.717) is 0 Å². The topological polar surface area (TPSA) is 164 Å². The van der Waals surface area contributed by atoms with Gasteiger partial charge in [-0.25, -0.2) is 4.79 Å². The first-order valence-corrected chi connectivity index (χ1v) is 6.36. The van der Waals surface area contributed by atoms with Crippen LogP contribution in [-0.2, 0) is 14.4 Å². The molecule has 5 N–H and O–H groups in total. The molecule has 0 aliphatic heterocycles. The van der Waals surface area contributed by atoms with Crippen molar-refractivity contribution < 1.29 is 39.2 Å². The molecule has 0 saturated carbocycles. The molecule has 1 atom stereocenters. The molecular weight excluding hydrogens is 310 g/mol. The van der Waals surface area contributed by atoms with E-state index in [1.54, 1.807) is 12.1 Å². The van der Waals surface area contributed by atoms with Crippen molar-refractivity contribution in [2.75, 3.05) is 0 Å². The number of carbonyl (C=O) groups excluding carboxylic acids is 1. The highest BCUT2D eigenvalue weighted by atomic mass is 16.5. The Hall–Kier alpha value is -2.94. The van der Waals surface area contributed by atoms with Crippen LogP contribution in [0, 0.1) is 0 Å². The number of nitrogens with two attached hydrogens (primary N) is 1. The van der Waals surface area contributed by atoms with Crippen LogP contribution in [0.1, 0.15) is 30.1 Å². The molecule has 0 spiro atoms. The number of carbonyl (C=O) groups is 4. The molecule has 1 aromatic rings. The van der Waals surface area contributed by atoms with Crippen LogP contribution >= 0.6 is 0 Å². The number of hydrogen-bond acceptors (Lipinski definition) is 6. The number of ether oxygens (including phenoxy) is 1. The quantitative estimate of drug-likeness (QED) is 0.431. The molecule has 1 rings (SSSR count). The number of hydrogen-bond donors (Lipinski definition) is 4. The van der Waals surface area contributed by atoms with E-state index in [1.807, 2.05) is 0 Å². The van der Waals surface area contributed by atoms with Gasteiger partial charge < -0.3 is 25.8 Å². The summed E-state index contributed by atoms with van der Waals surface area (Å²) in [5.74, 6) is -3.77. The monoisotopic (exact) mass is 327 g/mol. The lowest BCUT2D eigenvalue weighted by Crippen LogP contribution is -2.30. The Morgan fingerprint density at radius 1 is 1.13 bits per heavy atom. The van der Waals surface area contributed by atoms with Crippen LogP contribution in [0.25, 0.3) is 0 Å². The third-order valence-corrected chi connectivity index (χ3v) is 2.36. The van der Waals surface area contributed by atoms with Gasteiger partial charge in [0, 0.05) is 13.3 Å². The summed E-state index contributed by atoms with van der Waals surface area (Å²) in [6.07, 6.45) is -0.224. The minimum atomic E-state index is -1.17. The Morgan fingerprint density at radius 3 is 2.13 bits per heavy atom. The lowest BCUT2D eigenvalue weighted by molar-refractivity contribution is -0.140. The van der Waals surface area contributed by atoms with Gasteiger partial charge in [-0.2, -0.15) is 0 Å². The smallest absolute Gasteiger partial charge is 0.339 e. The third-order valence-electron chi connectivity index (χ3n) is 2.36. The maximum atomic E-state index is 10.6. The molecule has 9 nitrogen and oxygen atoms in total. The molecule has 0 radical (unpaired) electrons. The van der Waals surface area contributed by atoms with Gasteiger partial charge in [0.1, 0.15) is 17.4 Å². The lowest BCUT2D eigenvalue weighted by Gasteiger charge is -2.03. The van der Waals surface area contributed by atoms with Gasteiger partial charge in [-0.05, 0) is 18.6 Å². The van der Waals surface area contributed by atoms with Crippen molar-refractivity contribution in [1.82, 2.24) is 0 Å². The van der Waals surface area contributed by atoms with Crippen LogP contribution in [0.3, 0.4) is 0 Å². The number of carboxylic acid groups (broad SMARTS) is 3. The van der Waals surface area contributed by atoms with Gasteiger partial charge in [-0.1, -0.05) is 12.1 Å². The second-order valence-electron chi connectivity index (χ2n) is 4.27. The average Bonchev–Trinajstić information content (AvgIpc) is 2.44. The van der Waals surface area contributed by atoms with E-state index >= 15 is 0 Å². The third kappa shape index (κ3) is 8.83. The normalized spacial score (nSPS) is 10.7. The van der Waals surface area contributed by atoms with Gasteiger partial charge >= 0.3 is 23.9 Å². The number of rotatable bonds is 6. The second kappa shape index (κ2) is 9.90. The van der Waals surface area contributed by atoms with Crippen LogP contribution in [0.2, 0.25) is 0 Å². The summed E-state index contributed by atoms with van der Waals surface area (Å²) >= 11 is 0. The SMILES string of the molecule is CC(=O)Oc1ccccc1C(=O)O.N[C@@H](CCC(=O)O)C(=O)O. The molecule has 0 unspecified atom stereocenters. The van der Waals surface area contributed by atoms with Gasteiger partial charge in [0.05, 0.1) is 0 Å². The molecule has 9 heteroatoms. The maximum absolute atomic E-state index is 10.6. The lowest BCUT2D eigenvalue weighted by atomic mass is 10.2. The molecule has 0 aromatic heterocycles. The van der Waals surface area contributed by atoms with E-state index in [-0.39, 0.29) is 24.2 Å². The zero-order valence-electron chi connectivity index (χ0n) is 12.3. The molecular formula is C14H17NO8. The van der Waals surface area contributed by atoms with Gasteiger partial charge in [0.15, 0.2) is 0 Å². The molecule has 0 aliphatic carbocycles. The largest absolute Gasteiger partial charge is 0.481 e. The Balaban J connectivity index is 0.000000438. The number of benzene rings is 1. The minimum absolute atomic E-state index is 0.0160. The molecule has 23 heavy (non-hydrogen) atoms. The number of esters is 1. The summed E-state index contributed by atoms with van der Waals surface area (Å²) in [5.41, 5.74) is 4.99. The Morgan fingerprint density at radius 2 is 1.70 bits per heavy atom. The fraction of sp³-hybridized carbons (Fsp3) is 0.286. The fourth-order valence-electron chi connectivity index (χ4n) is 1.29. The van der Waals surface area contributed by atoms with Crippen LogP contribution in [0.15, 0.2) is 24.3 Å². The van der Waals surface area contributed by atoms with Crippen LogP contribution in [0.4, 0.5) is 0 Å². The Labute approximate surface area is 131 Å². The Kier molecular flexibility index (Phi) is 8.63. The van der Waals surface area contributed by atoms with Crippen molar-refractivity contribution >= 4 is 23.9 Å². The predicted octanol–water partition coefficient (Wildman–Crippen LogP) is 0.573. The Bertz CT molecular complexity index is 584. The van der Waals surface area contributed by atoms with E-state index in [4.69, 9.17) is 21.1 Å². The number of para-hydroxylation sites is 1. The van der Waals surface area contributed by atoms with E-state index in [1.165, 1.54) is 19.1 Å². The van der Waals surface area contributed by atoms with Crippen LogP contribution < -0.4 is 10.5 Å². The summed E-state index contributed by atoms with van der Waals surface area (Å²) in [4.78, 5) is 41.1. The molecule has 1 aromatic carbocycles. The van der Waals surface area contributed by atoms with Crippen LogP contribution in [0.5, 0.6) is 5.75 Å². The van der Waals surface area contributed by atoms with E-state index in [9.17, 15) is 19.2 Å². The summed E-state index contributed by atoms with van der Waals surface area (Å²) in [7, 11) is 0. The predicted molar refractivity (Wildman–Crippen MR) is 77.2 cm³/mol.